The lowest BCUT2D eigenvalue weighted by Gasteiger charge is -2.38. The van der Waals surface area contributed by atoms with Gasteiger partial charge < -0.3 is 10.5 Å². The Morgan fingerprint density at radius 2 is 2.06 bits per heavy atom. The molecule has 0 radical (unpaired) electrons. The van der Waals surface area contributed by atoms with Gasteiger partial charge in [-0.2, -0.15) is 0 Å². The molecule has 17 heavy (non-hydrogen) atoms. The van der Waals surface area contributed by atoms with Crippen molar-refractivity contribution in [2.75, 3.05) is 19.8 Å². The minimum atomic E-state index is -0.255. The third kappa shape index (κ3) is 2.46. The van der Waals surface area contributed by atoms with E-state index < -0.39 is 0 Å². The van der Waals surface area contributed by atoms with Gasteiger partial charge in [0.15, 0.2) is 0 Å². The van der Waals surface area contributed by atoms with E-state index in [9.17, 15) is 4.39 Å². The zero-order valence-electron chi connectivity index (χ0n) is 9.72. The van der Waals surface area contributed by atoms with E-state index in [1.54, 1.807) is 12.1 Å². The molecular weight excluding hydrogens is 241 g/mol. The van der Waals surface area contributed by atoms with Crippen molar-refractivity contribution in [3.8, 4) is 0 Å². The number of hydrogen-bond donors (Lipinski definition) is 1. The summed E-state index contributed by atoms with van der Waals surface area (Å²) in [7, 11) is 0. The second-order valence-electron chi connectivity index (χ2n) is 4.53. The molecule has 94 valence electrons. The van der Waals surface area contributed by atoms with E-state index in [1.807, 2.05) is 0 Å². The standard InChI is InChI=1S/C13H17ClFNO/c14-10-2-1-3-11(15)12(10)13(4-7-16)5-8-17-9-6-13/h1-3H,4-9,16H2. The van der Waals surface area contributed by atoms with Gasteiger partial charge in [-0.05, 0) is 37.9 Å². The third-order valence-electron chi connectivity index (χ3n) is 3.57. The number of rotatable bonds is 3. The van der Waals surface area contributed by atoms with E-state index in [0.717, 1.165) is 19.3 Å². The van der Waals surface area contributed by atoms with Crippen LogP contribution in [0, 0.1) is 5.82 Å². The van der Waals surface area contributed by atoms with Crippen molar-refractivity contribution in [2.45, 2.75) is 24.7 Å². The number of hydrogen-bond acceptors (Lipinski definition) is 2. The Hall–Kier alpha value is -0.640. The van der Waals surface area contributed by atoms with Crippen LogP contribution in [-0.2, 0) is 10.2 Å². The van der Waals surface area contributed by atoms with Gasteiger partial charge in [0.1, 0.15) is 5.82 Å². The van der Waals surface area contributed by atoms with Gasteiger partial charge in [-0.25, -0.2) is 4.39 Å². The molecule has 1 aromatic rings. The first kappa shape index (κ1) is 12.8. The predicted octanol–water partition coefficient (Wildman–Crippen LogP) is 2.88. The molecule has 0 atom stereocenters. The van der Waals surface area contributed by atoms with E-state index in [1.165, 1.54) is 6.07 Å². The smallest absolute Gasteiger partial charge is 0.128 e. The van der Waals surface area contributed by atoms with Gasteiger partial charge in [0.25, 0.3) is 0 Å². The van der Waals surface area contributed by atoms with Crippen LogP contribution in [0.5, 0.6) is 0 Å². The molecule has 4 heteroatoms. The van der Waals surface area contributed by atoms with E-state index >= 15 is 0 Å². The molecule has 1 saturated heterocycles. The third-order valence-corrected chi connectivity index (χ3v) is 3.88. The summed E-state index contributed by atoms with van der Waals surface area (Å²) in [5, 5.41) is 0.500. The van der Waals surface area contributed by atoms with Crippen LogP contribution < -0.4 is 5.73 Å². The first-order chi connectivity index (χ1) is 8.19. The Morgan fingerprint density at radius 3 is 2.65 bits per heavy atom. The SMILES string of the molecule is NCCC1(c2c(F)cccc2Cl)CCOCC1. The molecule has 0 bridgehead atoms. The maximum absolute atomic E-state index is 14.0. The summed E-state index contributed by atoms with van der Waals surface area (Å²) >= 11 is 6.17. The monoisotopic (exact) mass is 257 g/mol. The highest BCUT2D eigenvalue weighted by molar-refractivity contribution is 6.31. The van der Waals surface area contributed by atoms with Gasteiger partial charge in [-0.3, -0.25) is 0 Å². The number of halogens is 2. The fraction of sp³-hybridized carbons (Fsp3) is 0.538. The molecule has 2 N–H and O–H groups in total. The van der Waals surface area contributed by atoms with Crippen molar-refractivity contribution in [3.05, 3.63) is 34.6 Å². The van der Waals surface area contributed by atoms with Gasteiger partial charge in [0.05, 0.1) is 0 Å². The molecule has 0 aliphatic carbocycles. The second kappa shape index (κ2) is 5.34. The van der Waals surface area contributed by atoms with Gasteiger partial charge in [-0.1, -0.05) is 17.7 Å². The van der Waals surface area contributed by atoms with Crippen LogP contribution in [0.2, 0.25) is 5.02 Å². The minimum absolute atomic E-state index is 0.229. The van der Waals surface area contributed by atoms with Crippen LogP contribution in [0.25, 0.3) is 0 Å². The summed E-state index contributed by atoms with van der Waals surface area (Å²) < 4.78 is 19.4. The average Bonchev–Trinajstić information content (AvgIpc) is 2.30. The van der Waals surface area contributed by atoms with Gasteiger partial charge in [0.2, 0.25) is 0 Å². The summed E-state index contributed by atoms with van der Waals surface area (Å²) in [6, 6.07) is 4.85. The van der Waals surface area contributed by atoms with Crippen LogP contribution in [0.1, 0.15) is 24.8 Å². The Labute approximate surface area is 106 Å². The summed E-state index contributed by atoms with van der Waals surface area (Å²) in [4.78, 5) is 0. The minimum Gasteiger partial charge on any atom is -0.381 e. The molecule has 0 amide bonds. The molecule has 0 unspecified atom stereocenters. The lowest BCUT2D eigenvalue weighted by atomic mass is 9.71. The highest BCUT2D eigenvalue weighted by atomic mass is 35.5. The Kier molecular flexibility index (Phi) is 4.02. The van der Waals surface area contributed by atoms with Crippen molar-refractivity contribution in [2.24, 2.45) is 5.73 Å². The molecular formula is C13H17ClFNO. The quantitative estimate of drug-likeness (QED) is 0.904. The fourth-order valence-electron chi connectivity index (χ4n) is 2.67. The van der Waals surface area contributed by atoms with Crippen LogP contribution in [0.4, 0.5) is 4.39 Å². The first-order valence-corrected chi connectivity index (χ1v) is 6.30. The Morgan fingerprint density at radius 1 is 1.35 bits per heavy atom. The summed E-state index contributed by atoms with van der Waals surface area (Å²) in [5.41, 5.74) is 6.04. The Bertz CT molecular complexity index is 365. The second-order valence-corrected chi connectivity index (χ2v) is 4.94. The largest absolute Gasteiger partial charge is 0.381 e. The zero-order chi connectivity index (χ0) is 12.3. The predicted molar refractivity (Wildman–Crippen MR) is 66.8 cm³/mol. The van der Waals surface area contributed by atoms with Crippen LogP contribution >= 0.6 is 11.6 Å². The molecule has 1 heterocycles. The maximum atomic E-state index is 14.0. The Balaban J connectivity index is 2.44. The number of ether oxygens (including phenoxy) is 1. The molecule has 2 nitrogen and oxygen atoms in total. The van der Waals surface area contributed by atoms with Crippen LogP contribution in [0.15, 0.2) is 18.2 Å². The zero-order valence-corrected chi connectivity index (χ0v) is 10.5. The molecule has 1 aliphatic heterocycles. The summed E-state index contributed by atoms with van der Waals surface area (Å²) in [6.45, 7) is 1.82. The van der Waals surface area contributed by atoms with Gasteiger partial charge in [0, 0.05) is 29.2 Å². The first-order valence-electron chi connectivity index (χ1n) is 5.92. The fourth-order valence-corrected chi connectivity index (χ4v) is 3.03. The molecule has 0 spiro atoms. The summed E-state index contributed by atoms with van der Waals surface area (Å²) in [6.07, 6.45) is 2.31. The molecule has 2 rings (SSSR count). The van der Waals surface area contributed by atoms with Crippen LogP contribution in [0.3, 0.4) is 0 Å². The van der Waals surface area contributed by atoms with Crippen molar-refractivity contribution in [1.29, 1.82) is 0 Å². The highest BCUT2D eigenvalue weighted by Gasteiger charge is 2.37. The highest BCUT2D eigenvalue weighted by Crippen LogP contribution is 2.42. The molecule has 0 aromatic heterocycles. The molecule has 0 saturated carbocycles. The molecule has 1 fully saturated rings. The van der Waals surface area contributed by atoms with E-state index in [-0.39, 0.29) is 11.2 Å². The van der Waals surface area contributed by atoms with E-state index in [2.05, 4.69) is 0 Å². The number of benzene rings is 1. The summed E-state index contributed by atoms with van der Waals surface area (Å²) in [5.74, 6) is -0.229. The topological polar surface area (TPSA) is 35.2 Å². The van der Waals surface area contributed by atoms with E-state index in [0.29, 0.717) is 30.3 Å². The molecule has 1 aliphatic rings. The van der Waals surface area contributed by atoms with Crippen molar-refractivity contribution in [3.63, 3.8) is 0 Å². The van der Waals surface area contributed by atoms with Crippen molar-refractivity contribution >= 4 is 11.6 Å². The van der Waals surface area contributed by atoms with Crippen molar-refractivity contribution < 1.29 is 9.13 Å². The molecule has 1 aromatic carbocycles. The lowest BCUT2D eigenvalue weighted by molar-refractivity contribution is 0.0464. The van der Waals surface area contributed by atoms with Gasteiger partial charge in [-0.15, -0.1) is 0 Å². The lowest BCUT2D eigenvalue weighted by Crippen LogP contribution is -2.37. The van der Waals surface area contributed by atoms with E-state index in [4.69, 9.17) is 22.1 Å². The average molecular weight is 258 g/mol. The van der Waals surface area contributed by atoms with Crippen LogP contribution in [-0.4, -0.2) is 19.8 Å². The normalized spacial score (nSPS) is 19.2. The maximum Gasteiger partial charge on any atom is 0.128 e. The van der Waals surface area contributed by atoms with Gasteiger partial charge >= 0.3 is 0 Å². The number of nitrogens with two attached hydrogens (primary N) is 1. The van der Waals surface area contributed by atoms with Crippen molar-refractivity contribution in [1.82, 2.24) is 0 Å².